The predicted molar refractivity (Wildman–Crippen MR) is 112 cm³/mol. The third-order valence-corrected chi connectivity index (χ3v) is 4.17. The monoisotopic (exact) mass is 418 g/mol. The lowest BCUT2D eigenvalue weighted by Crippen LogP contribution is -2.19. The molecule has 0 fully saturated rings. The fraction of sp³-hybridized carbons (Fsp3) is 0.200. The van der Waals surface area contributed by atoms with Gasteiger partial charge in [0.25, 0.3) is 0 Å². The summed E-state index contributed by atoms with van der Waals surface area (Å²) in [7, 11) is 1.62. The molecule has 0 atom stereocenters. The minimum Gasteiger partial charge on any atom is -0.497 e. The highest BCUT2D eigenvalue weighted by molar-refractivity contribution is 7.80. The summed E-state index contributed by atoms with van der Waals surface area (Å²) in [6.45, 7) is -0.519. The van der Waals surface area contributed by atoms with Crippen molar-refractivity contribution in [3.63, 3.8) is 0 Å². The van der Waals surface area contributed by atoms with Crippen molar-refractivity contribution < 1.29 is 18.3 Å². The third-order valence-electron chi connectivity index (χ3n) is 3.97. The number of methoxy groups -OCH3 is 1. The van der Waals surface area contributed by atoms with Crippen LogP contribution in [0.15, 0.2) is 54.9 Å². The zero-order valence-corrected chi connectivity index (χ0v) is 16.7. The van der Waals surface area contributed by atoms with Crippen LogP contribution in [0.2, 0.25) is 0 Å². The first-order valence-corrected chi connectivity index (χ1v) is 9.12. The normalized spacial score (nSPS) is 10.7. The summed E-state index contributed by atoms with van der Waals surface area (Å²) in [5.74, 6) is 0.793. The van der Waals surface area contributed by atoms with E-state index in [9.17, 15) is 8.78 Å². The number of anilines is 2. The first kappa shape index (κ1) is 20.5. The highest BCUT2D eigenvalue weighted by Crippen LogP contribution is 2.27. The van der Waals surface area contributed by atoms with Crippen LogP contribution < -0.4 is 20.1 Å². The van der Waals surface area contributed by atoms with Crippen LogP contribution in [0.25, 0.3) is 0 Å². The number of hydrogen-bond acceptors (Lipinski definition) is 4. The van der Waals surface area contributed by atoms with Gasteiger partial charge in [-0.1, -0.05) is 18.2 Å². The summed E-state index contributed by atoms with van der Waals surface area (Å²) in [5.41, 5.74) is 2.93. The Balaban J connectivity index is 1.64. The highest BCUT2D eigenvalue weighted by atomic mass is 32.1. The number of halogens is 2. The maximum absolute atomic E-state index is 12.6. The standard InChI is InChI=1S/C20H20F2N4O2S/c1-13-6-7-18(28-19(21)22)17(8-13)25-20(29)24-15-10-23-26(12-15)11-14-4-3-5-16(9-14)27-2/h3-10,12,19H,11H2,1-2H3,(H2,24,25,29). The van der Waals surface area contributed by atoms with E-state index in [1.165, 1.54) is 6.07 Å². The van der Waals surface area contributed by atoms with Gasteiger partial charge < -0.3 is 20.1 Å². The number of nitrogens with one attached hydrogen (secondary N) is 2. The molecule has 0 aliphatic heterocycles. The molecular weight excluding hydrogens is 398 g/mol. The van der Waals surface area contributed by atoms with Crippen LogP contribution in [-0.4, -0.2) is 28.6 Å². The van der Waals surface area contributed by atoms with Crippen LogP contribution in [0.1, 0.15) is 11.1 Å². The van der Waals surface area contributed by atoms with E-state index < -0.39 is 6.61 Å². The molecule has 0 saturated heterocycles. The first-order chi connectivity index (χ1) is 13.9. The Morgan fingerprint density at radius 2 is 2.03 bits per heavy atom. The molecule has 3 rings (SSSR count). The summed E-state index contributed by atoms with van der Waals surface area (Å²) in [6.07, 6.45) is 3.42. The van der Waals surface area contributed by atoms with Gasteiger partial charge in [0, 0.05) is 6.20 Å². The molecule has 0 saturated carbocycles. The average molecular weight is 418 g/mol. The van der Waals surface area contributed by atoms with Crippen LogP contribution in [-0.2, 0) is 6.54 Å². The zero-order chi connectivity index (χ0) is 20.8. The van der Waals surface area contributed by atoms with Crippen LogP contribution in [0.5, 0.6) is 11.5 Å². The average Bonchev–Trinajstić information content (AvgIpc) is 3.10. The van der Waals surface area contributed by atoms with Crippen molar-refractivity contribution >= 4 is 28.7 Å². The van der Waals surface area contributed by atoms with E-state index in [1.807, 2.05) is 31.2 Å². The molecule has 0 spiro atoms. The molecule has 3 aromatic rings. The van der Waals surface area contributed by atoms with E-state index >= 15 is 0 Å². The molecule has 0 radical (unpaired) electrons. The van der Waals surface area contributed by atoms with Gasteiger partial charge in [-0.25, -0.2) is 0 Å². The minimum absolute atomic E-state index is 0.0171. The van der Waals surface area contributed by atoms with Gasteiger partial charge >= 0.3 is 6.61 Å². The number of nitrogens with zero attached hydrogens (tertiary/aromatic N) is 2. The van der Waals surface area contributed by atoms with Crippen molar-refractivity contribution in [3.05, 3.63) is 66.0 Å². The summed E-state index contributed by atoms with van der Waals surface area (Å²) in [5, 5.41) is 10.4. The Morgan fingerprint density at radius 1 is 1.21 bits per heavy atom. The Bertz CT molecular complexity index is 994. The van der Waals surface area contributed by atoms with Gasteiger partial charge in [0.1, 0.15) is 11.5 Å². The topological polar surface area (TPSA) is 60.3 Å². The number of thiocarbonyl (C=S) groups is 1. The zero-order valence-electron chi connectivity index (χ0n) is 15.9. The van der Waals surface area contributed by atoms with E-state index in [-0.39, 0.29) is 10.9 Å². The molecule has 6 nitrogen and oxygen atoms in total. The van der Waals surface area contributed by atoms with E-state index in [0.29, 0.717) is 17.9 Å². The maximum atomic E-state index is 12.6. The summed E-state index contributed by atoms with van der Waals surface area (Å²) in [4.78, 5) is 0. The molecular formula is C20H20F2N4O2S. The second-order valence-electron chi connectivity index (χ2n) is 6.24. The molecule has 1 heterocycles. The smallest absolute Gasteiger partial charge is 0.387 e. The van der Waals surface area contributed by atoms with Gasteiger partial charge in [-0.2, -0.15) is 13.9 Å². The largest absolute Gasteiger partial charge is 0.497 e. The van der Waals surface area contributed by atoms with Crippen molar-refractivity contribution in [3.8, 4) is 11.5 Å². The van der Waals surface area contributed by atoms with Gasteiger partial charge in [0.05, 0.1) is 31.2 Å². The lowest BCUT2D eigenvalue weighted by molar-refractivity contribution is -0.0493. The van der Waals surface area contributed by atoms with Crippen molar-refractivity contribution in [2.75, 3.05) is 17.7 Å². The molecule has 1 aromatic heterocycles. The number of ether oxygens (including phenoxy) is 2. The molecule has 29 heavy (non-hydrogen) atoms. The SMILES string of the molecule is COc1cccc(Cn2cc(NC(=S)Nc3cc(C)ccc3OC(F)F)cn2)c1. The molecule has 0 aliphatic rings. The number of hydrogen-bond donors (Lipinski definition) is 2. The van der Waals surface area contributed by atoms with Crippen LogP contribution in [0, 0.1) is 6.92 Å². The van der Waals surface area contributed by atoms with Crippen LogP contribution in [0.3, 0.4) is 0 Å². The van der Waals surface area contributed by atoms with E-state index in [0.717, 1.165) is 16.9 Å². The van der Waals surface area contributed by atoms with Crippen molar-refractivity contribution in [2.45, 2.75) is 20.1 Å². The Morgan fingerprint density at radius 3 is 2.79 bits per heavy atom. The highest BCUT2D eigenvalue weighted by Gasteiger charge is 2.11. The molecule has 9 heteroatoms. The van der Waals surface area contributed by atoms with E-state index in [4.69, 9.17) is 17.0 Å². The fourth-order valence-electron chi connectivity index (χ4n) is 2.70. The van der Waals surface area contributed by atoms with E-state index in [1.54, 1.807) is 36.3 Å². The predicted octanol–water partition coefficient (Wildman–Crippen LogP) is 4.66. The fourth-order valence-corrected chi connectivity index (χ4v) is 2.93. The first-order valence-electron chi connectivity index (χ1n) is 8.72. The van der Waals surface area contributed by atoms with Gasteiger partial charge in [-0.05, 0) is 54.5 Å². The number of rotatable bonds is 7. The Hall–Kier alpha value is -3.20. The van der Waals surface area contributed by atoms with Crippen molar-refractivity contribution in [1.82, 2.24) is 9.78 Å². The molecule has 152 valence electrons. The maximum Gasteiger partial charge on any atom is 0.387 e. The molecule has 0 amide bonds. The second kappa shape index (κ2) is 9.33. The van der Waals surface area contributed by atoms with Gasteiger partial charge in [-0.3, -0.25) is 4.68 Å². The quantitative estimate of drug-likeness (QED) is 0.545. The number of aromatic nitrogens is 2. The van der Waals surface area contributed by atoms with Gasteiger partial charge in [0.2, 0.25) is 0 Å². The number of alkyl halides is 2. The molecule has 2 aromatic carbocycles. The molecule has 2 N–H and O–H groups in total. The van der Waals surface area contributed by atoms with Crippen molar-refractivity contribution in [2.24, 2.45) is 0 Å². The second-order valence-corrected chi connectivity index (χ2v) is 6.64. The molecule has 0 aliphatic carbocycles. The Labute approximate surface area is 172 Å². The van der Waals surface area contributed by atoms with Gasteiger partial charge in [-0.15, -0.1) is 0 Å². The Kier molecular flexibility index (Phi) is 6.61. The summed E-state index contributed by atoms with van der Waals surface area (Å²) < 4.78 is 36.7. The lowest BCUT2D eigenvalue weighted by atomic mass is 10.2. The minimum atomic E-state index is -2.92. The third kappa shape index (κ3) is 5.89. The molecule has 0 unspecified atom stereocenters. The number of aryl methyl sites for hydroxylation is 1. The van der Waals surface area contributed by atoms with Crippen LogP contribution >= 0.6 is 12.2 Å². The van der Waals surface area contributed by atoms with Crippen LogP contribution in [0.4, 0.5) is 20.2 Å². The number of benzene rings is 2. The summed E-state index contributed by atoms with van der Waals surface area (Å²) >= 11 is 5.29. The van der Waals surface area contributed by atoms with E-state index in [2.05, 4.69) is 20.5 Å². The summed E-state index contributed by atoms with van der Waals surface area (Å²) in [6, 6.07) is 12.5. The lowest BCUT2D eigenvalue weighted by Gasteiger charge is -2.14. The molecule has 0 bridgehead atoms. The van der Waals surface area contributed by atoms with Gasteiger partial charge in [0.15, 0.2) is 5.11 Å². The van der Waals surface area contributed by atoms with Crippen molar-refractivity contribution in [1.29, 1.82) is 0 Å².